The lowest BCUT2D eigenvalue weighted by Gasteiger charge is -2.39. The van der Waals surface area contributed by atoms with Crippen LogP contribution in [0.5, 0.6) is 0 Å². The molecular weight excluding hydrogens is 454 g/mol. The Kier molecular flexibility index (Phi) is 8.38. The molecule has 2 atom stereocenters. The van der Waals surface area contributed by atoms with Crippen molar-refractivity contribution in [2.75, 3.05) is 36.0 Å². The molecule has 1 aromatic heterocycles. The molecule has 2 aromatic rings. The van der Waals surface area contributed by atoms with Crippen molar-refractivity contribution in [2.45, 2.75) is 52.3 Å². The number of anilines is 2. The molecule has 1 aromatic carbocycles. The van der Waals surface area contributed by atoms with Crippen molar-refractivity contribution in [3.8, 4) is 11.1 Å². The van der Waals surface area contributed by atoms with Gasteiger partial charge in [-0.2, -0.15) is 0 Å². The van der Waals surface area contributed by atoms with Crippen LogP contribution in [0, 0.1) is 0 Å². The van der Waals surface area contributed by atoms with E-state index in [1.54, 1.807) is 11.8 Å². The average Bonchev–Trinajstić information content (AvgIpc) is 2.79. The van der Waals surface area contributed by atoms with E-state index in [2.05, 4.69) is 33.7 Å². The minimum absolute atomic E-state index is 0. The van der Waals surface area contributed by atoms with E-state index >= 15 is 0 Å². The molecule has 0 spiro atoms. The molecule has 0 saturated carbocycles. The topological polar surface area (TPSA) is 86.8 Å². The van der Waals surface area contributed by atoms with E-state index in [9.17, 15) is 9.59 Å². The number of benzene rings is 1. The molecule has 2 N–H and O–H groups in total. The molecule has 2 aliphatic heterocycles. The van der Waals surface area contributed by atoms with Crippen molar-refractivity contribution in [2.24, 2.45) is 0 Å². The number of nitrogens with zero attached hydrogens (tertiary/aromatic N) is 3. The van der Waals surface area contributed by atoms with Gasteiger partial charge in [-0.15, -0.1) is 12.4 Å². The Morgan fingerprint density at radius 1 is 1.15 bits per heavy atom. The van der Waals surface area contributed by atoms with Crippen LogP contribution in [-0.2, 0) is 9.53 Å². The first-order valence-corrected chi connectivity index (χ1v) is 11.7. The van der Waals surface area contributed by atoms with Crippen LogP contribution in [0.1, 0.15) is 45.7 Å². The predicted octanol–water partition coefficient (Wildman–Crippen LogP) is 3.90. The SMILES string of the molecule is CC(=O)N1c2ccc(-c3ccc(N4CCNCC4)nc3)cc2[C@H](NC(=O)OC(C)C)C[C@@H]1C.Cl. The summed E-state index contributed by atoms with van der Waals surface area (Å²) < 4.78 is 5.31. The van der Waals surface area contributed by atoms with Crippen molar-refractivity contribution in [1.82, 2.24) is 15.6 Å². The van der Waals surface area contributed by atoms with Crippen LogP contribution < -0.4 is 20.4 Å². The normalized spacial score (nSPS) is 19.8. The van der Waals surface area contributed by atoms with Crippen LogP contribution in [0.4, 0.5) is 16.3 Å². The highest BCUT2D eigenvalue weighted by Crippen LogP contribution is 2.39. The third-order valence-electron chi connectivity index (χ3n) is 6.18. The molecule has 2 amide bonds. The van der Waals surface area contributed by atoms with Crippen LogP contribution in [-0.4, -0.2) is 55.3 Å². The summed E-state index contributed by atoms with van der Waals surface area (Å²) in [5.74, 6) is 0.965. The molecule has 8 nitrogen and oxygen atoms in total. The van der Waals surface area contributed by atoms with E-state index in [1.165, 1.54) is 0 Å². The summed E-state index contributed by atoms with van der Waals surface area (Å²) in [4.78, 5) is 33.5. The van der Waals surface area contributed by atoms with Gasteiger partial charge in [0.2, 0.25) is 5.91 Å². The van der Waals surface area contributed by atoms with E-state index in [1.807, 2.05) is 39.1 Å². The second kappa shape index (κ2) is 11.1. The molecule has 1 saturated heterocycles. The fraction of sp³-hybridized carbons (Fsp3) is 0.480. The first kappa shape index (κ1) is 25.8. The number of carbonyl (C=O) groups is 2. The Morgan fingerprint density at radius 2 is 1.85 bits per heavy atom. The number of ether oxygens (including phenoxy) is 1. The van der Waals surface area contributed by atoms with Gasteiger partial charge in [0, 0.05) is 56.6 Å². The van der Waals surface area contributed by atoms with Crippen molar-refractivity contribution < 1.29 is 14.3 Å². The number of aromatic nitrogens is 1. The maximum atomic E-state index is 12.4. The van der Waals surface area contributed by atoms with Crippen molar-refractivity contribution in [3.63, 3.8) is 0 Å². The number of pyridine rings is 1. The van der Waals surface area contributed by atoms with Crippen molar-refractivity contribution in [1.29, 1.82) is 0 Å². The molecule has 34 heavy (non-hydrogen) atoms. The molecule has 1 fully saturated rings. The van der Waals surface area contributed by atoms with Gasteiger partial charge in [-0.25, -0.2) is 9.78 Å². The van der Waals surface area contributed by atoms with Crippen LogP contribution >= 0.6 is 12.4 Å². The van der Waals surface area contributed by atoms with Gasteiger partial charge in [0.1, 0.15) is 5.82 Å². The Hall–Kier alpha value is -2.84. The number of rotatable bonds is 4. The Morgan fingerprint density at radius 3 is 2.47 bits per heavy atom. The second-order valence-corrected chi connectivity index (χ2v) is 9.04. The van der Waals surface area contributed by atoms with Gasteiger partial charge in [-0.05, 0) is 62.6 Å². The molecule has 0 bridgehead atoms. The zero-order valence-corrected chi connectivity index (χ0v) is 21.0. The molecule has 0 radical (unpaired) electrons. The van der Waals surface area contributed by atoms with Crippen LogP contribution in [0.25, 0.3) is 11.1 Å². The zero-order chi connectivity index (χ0) is 23.5. The summed E-state index contributed by atoms with van der Waals surface area (Å²) in [7, 11) is 0. The summed E-state index contributed by atoms with van der Waals surface area (Å²) in [6.45, 7) is 11.1. The van der Waals surface area contributed by atoms with E-state index < -0.39 is 6.09 Å². The van der Waals surface area contributed by atoms with E-state index in [0.717, 1.165) is 54.4 Å². The Balaban J connectivity index is 0.00000324. The number of fused-ring (bicyclic) bond motifs is 1. The Labute approximate surface area is 207 Å². The molecule has 0 aliphatic carbocycles. The number of nitrogens with one attached hydrogen (secondary N) is 2. The summed E-state index contributed by atoms with van der Waals surface area (Å²) >= 11 is 0. The van der Waals surface area contributed by atoms with Crippen molar-refractivity contribution in [3.05, 3.63) is 42.1 Å². The molecule has 0 unspecified atom stereocenters. The smallest absolute Gasteiger partial charge is 0.407 e. The quantitative estimate of drug-likeness (QED) is 0.680. The van der Waals surface area contributed by atoms with Gasteiger partial charge in [0.15, 0.2) is 0 Å². The molecule has 4 rings (SSSR count). The van der Waals surface area contributed by atoms with Crippen LogP contribution in [0.15, 0.2) is 36.5 Å². The van der Waals surface area contributed by atoms with Crippen LogP contribution in [0.3, 0.4) is 0 Å². The Bertz CT molecular complexity index is 1010. The molecule has 9 heteroatoms. The number of hydrogen-bond donors (Lipinski definition) is 2. The van der Waals surface area contributed by atoms with E-state index in [4.69, 9.17) is 9.72 Å². The third kappa shape index (κ3) is 5.62. The lowest BCUT2D eigenvalue weighted by Crippen LogP contribution is -2.45. The number of halogens is 1. The largest absolute Gasteiger partial charge is 0.447 e. The van der Waals surface area contributed by atoms with Gasteiger partial charge >= 0.3 is 6.09 Å². The first-order valence-electron chi connectivity index (χ1n) is 11.7. The fourth-order valence-electron chi connectivity index (χ4n) is 4.69. The second-order valence-electron chi connectivity index (χ2n) is 9.04. The zero-order valence-electron chi connectivity index (χ0n) is 20.2. The van der Waals surface area contributed by atoms with Gasteiger partial charge < -0.3 is 25.2 Å². The number of carbonyl (C=O) groups excluding carboxylic acids is 2. The first-order chi connectivity index (χ1) is 15.8. The summed E-state index contributed by atoms with van der Waals surface area (Å²) in [5, 5.41) is 6.36. The lowest BCUT2D eigenvalue weighted by molar-refractivity contribution is -0.117. The standard InChI is InChI=1S/C25H33N5O3.ClH/c1-16(2)33-25(32)28-22-13-17(3)30(18(4)31)23-7-5-19(14-21(22)23)20-6-8-24(27-15-20)29-11-9-26-10-12-29;/h5-8,14-17,22,26H,9-13H2,1-4H3,(H,28,32);1H/t17-,22+;/m0./s1. The molecule has 3 heterocycles. The fourth-order valence-corrected chi connectivity index (χ4v) is 4.69. The van der Waals surface area contributed by atoms with Gasteiger partial charge in [-0.3, -0.25) is 4.79 Å². The average molecular weight is 488 g/mol. The molecular formula is C25H34ClN5O3. The number of hydrogen-bond acceptors (Lipinski definition) is 6. The van der Waals surface area contributed by atoms with Crippen LogP contribution in [0.2, 0.25) is 0 Å². The molecule has 184 valence electrons. The van der Waals surface area contributed by atoms with Gasteiger partial charge in [0.25, 0.3) is 0 Å². The predicted molar refractivity (Wildman–Crippen MR) is 137 cm³/mol. The minimum atomic E-state index is -0.447. The van der Waals surface area contributed by atoms with Crippen molar-refractivity contribution >= 4 is 35.9 Å². The van der Waals surface area contributed by atoms with Gasteiger partial charge in [-0.1, -0.05) is 6.07 Å². The van der Waals surface area contributed by atoms with Gasteiger partial charge in [0.05, 0.1) is 12.1 Å². The lowest BCUT2D eigenvalue weighted by atomic mass is 9.89. The number of piperazine rings is 1. The maximum absolute atomic E-state index is 12.4. The highest BCUT2D eigenvalue weighted by atomic mass is 35.5. The summed E-state index contributed by atoms with van der Waals surface area (Å²) in [6.07, 6.45) is 1.86. The summed E-state index contributed by atoms with van der Waals surface area (Å²) in [5.41, 5.74) is 3.72. The number of amides is 2. The monoisotopic (exact) mass is 487 g/mol. The highest BCUT2D eigenvalue weighted by molar-refractivity contribution is 5.94. The summed E-state index contributed by atoms with van der Waals surface area (Å²) in [6, 6.07) is 9.89. The van der Waals surface area contributed by atoms with E-state index in [-0.39, 0.29) is 36.5 Å². The van der Waals surface area contributed by atoms with E-state index in [0.29, 0.717) is 6.42 Å². The highest BCUT2D eigenvalue weighted by Gasteiger charge is 2.33. The third-order valence-corrected chi connectivity index (χ3v) is 6.18. The number of alkyl carbamates (subject to hydrolysis) is 1. The minimum Gasteiger partial charge on any atom is -0.447 e. The maximum Gasteiger partial charge on any atom is 0.407 e. The molecule has 2 aliphatic rings.